The lowest BCUT2D eigenvalue weighted by Gasteiger charge is -2.28. The van der Waals surface area contributed by atoms with Gasteiger partial charge in [-0.05, 0) is 37.3 Å². The van der Waals surface area contributed by atoms with Gasteiger partial charge < -0.3 is 19.2 Å². The van der Waals surface area contributed by atoms with Gasteiger partial charge in [0, 0.05) is 13.0 Å². The van der Waals surface area contributed by atoms with Crippen LogP contribution in [0, 0.1) is 6.92 Å². The number of halogens is 3. The first-order chi connectivity index (χ1) is 14.0. The highest BCUT2D eigenvalue weighted by atomic mass is 19.4. The lowest BCUT2D eigenvalue weighted by molar-refractivity contribution is -0.276. The Hall–Kier alpha value is -3.34. The summed E-state index contributed by atoms with van der Waals surface area (Å²) in [4.78, 5) is 38.9. The van der Waals surface area contributed by atoms with Gasteiger partial charge in [-0.3, -0.25) is 9.36 Å². The number of nitrogens with zero attached hydrogens (tertiary/aromatic N) is 1. The number of aromatic amines is 1. The van der Waals surface area contributed by atoms with Crippen molar-refractivity contribution in [1.82, 2.24) is 9.55 Å². The number of aliphatic hydroxyl groups is 1. The summed E-state index contributed by atoms with van der Waals surface area (Å²) in [5.41, 5.74) is -5.15. The summed E-state index contributed by atoms with van der Waals surface area (Å²) in [6, 6.07) is 6.02. The molecular weight excluding hydrogens is 409 g/mol. The van der Waals surface area contributed by atoms with Crippen LogP contribution < -0.4 is 11.2 Å². The second-order valence-electron chi connectivity index (χ2n) is 6.66. The van der Waals surface area contributed by atoms with Crippen molar-refractivity contribution in [2.75, 3.05) is 7.11 Å². The fourth-order valence-electron chi connectivity index (χ4n) is 3.04. The number of aromatic nitrogens is 2. The highest BCUT2D eigenvalue weighted by Crippen LogP contribution is 2.42. The number of carbonyl (C=O) groups excluding carboxylic acids is 1. The lowest BCUT2D eigenvalue weighted by Crippen LogP contribution is -2.45. The molecule has 3 rings (SSSR count). The molecular formula is C19H17F3N2O6. The van der Waals surface area contributed by atoms with Gasteiger partial charge in [0.05, 0.1) is 23.6 Å². The van der Waals surface area contributed by atoms with Crippen LogP contribution in [0.3, 0.4) is 0 Å². The van der Waals surface area contributed by atoms with E-state index in [1.807, 2.05) is 0 Å². The standard InChI is InChI=1S/C19H17F3N2O6/c1-10-3-6-14(30-10)18(28,19(20,21)22)7-8-24-15(25)12-5-4-11(16(26)29-2)9-13(12)23-17(24)27/h3-6,9,28H,7-8H2,1-2H3,(H,23,27)/t18-/m0/s1. The third-order valence-electron chi connectivity index (χ3n) is 4.72. The molecule has 2 heterocycles. The minimum absolute atomic E-state index is 0.0216. The van der Waals surface area contributed by atoms with E-state index in [0.717, 1.165) is 13.2 Å². The van der Waals surface area contributed by atoms with E-state index in [-0.39, 0.29) is 22.2 Å². The zero-order valence-electron chi connectivity index (χ0n) is 15.9. The van der Waals surface area contributed by atoms with Gasteiger partial charge >= 0.3 is 17.8 Å². The molecule has 0 saturated carbocycles. The lowest BCUT2D eigenvalue weighted by atomic mass is 9.95. The van der Waals surface area contributed by atoms with E-state index < -0.39 is 47.7 Å². The first-order valence-corrected chi connectivity index (χ1v) is 8.69. The van der Waals surface area contributed by atoms with Gasteiger partial charge in [-0.15, -0.1) is 0 Å². The fourth-order valence-corrected chi connectivity index (χ4v) is 3.04. The van der Waals surface area contributed by atoms with Crippen LogP contribution in [0.15, 0.2) is 44.3 Å². The number of alkyl halides is 3. The maximum Gasteiger partial charge on any atom is 0.424 e. The van der Waals surface area contributed by atoms with Crippen molar-refractivity contribution in [2.45, 2.75) is 31.7 Å². The Morgan fingerprint density at radius 1 is 1.23 bits per heavy atom. The summed E-state index contributed by atoms with van der Waals surface area (Å²) >= 11 is 0. The van der Waals surface area contributed by atoms with Crippen LogP contribution in [0.1, 0.15) is 28.3 Å². The van der Waals surface area contributed by atoms with Crippen molar-refractivity contribution in [1.29, 1.82) is 0 Å². The predicted octanol–water partition coefficient (Wildman–Crippen LogP) is 2.22. The van der Waals surface area contributed by atoms with Crippen LogP contribution >= 0.6 is 0 Å². The molecule has 0 fully saturated rings. The van der Waals surface area contributed by atoms with Crippen molar-refractivity contribution in [2.24, 2.45) is 0 Å². The molecule has 11 heteroatoms. The largest absolute Gasteiger partial charge is 0.465 e. The molecule has 0 radical (unpaired) electrons. The predicted molar refractivity (Wildman–Crippen MR) is 98.2 cm³/mol. The maximum absolute atomic E-state index is 13.6. The van der Waals surface area contributed by atoms with Crippen molar-refractivity contribution >= 4 is 16.9 Å². The second-order valence-corrected chi connectivity index (χ2v) is 6.66. The van der Waals surface area contributed by atoms with Gasteiger partial charge in [-0.1, -0.05) is 0 Å². The number of benzene rings is 1. The highest BCUT2D eigenvalue weighted by Gasteiger charge is 2.56. The molecule has 2 N–H and O–H groups in total. The van der Waals surface area contributed by atoms with Crippen LogP contribution in [-0.2, 0) is 16.9 Å². The number of H-pyrrole nitrogens is 1. The van der Waals surface area contributed by atoms with Crippen LogP contribution in [0.2, 0.25) is 0 Å². The Labute approximate surface area is 166 Å². The third-order valence-corrected chi connectivity index (χ3v) is 4.72. The Kier molecular flexibility index (Phi) is 5.33. The monoisotopic (exact) mass is 426 g/mol. The first-order valence-electron chi connectivity index (χ1n) is 8.69. The molecule has 160 valence electrons. The van der Waals surface area contributed by atoms with E-state index in [2.05, 4.69) is 9.72 Å². The van der Waals surface area contributed by atoms with E-state index in [4.69, 9.17) is 4.42 Å². The molecule has 3 aromatic rings. The number of fused-ring (bicyclic) bond motifs is 1. The van der Waals surface area contributed by atoms with Gasteiger partial charge in [0.25, 0.3) is 5.56 Å². The van der Waals surface area contributed by atoms with E-state index >= 15 is 0 Å². The molecule has 0 aliphatic heterocycles. The minimum Gasteiger partial charge on any atom is -0.465 e. The highest BCUT2D eigenvalue weighted by molar-refractivity contribution is 5.93. The Morgan fingerprint density at radius 3 is 2.50 bits per heavy atom. The Bertz CT molecular complexity index is 1220. The normalized spacial score (nSPS) is 13.9. The fraction of sp³-hybridized carbons (Fsp3) is 0.316. The number of hydrogen-bond donors (Lipinski definition) is 2. The molecule has 30 heavy (non-hydrogen) atoms. The number of carbonyl (C=O) groups is 1. The average Bonchev–Trinajstić information content (AvgIpc) is 3.12. The average molecular weight is 426 g/mol. The molecule has 0 bridgehead atoms. The summed E-state index contributed by atoms with van der Waals surface area (Å²) in [6.07, 6.45) is -6.14. The van der Waals surface area contributed by atoms with E-state index in [9.17, 15) is 32.7 Å². The van der Waals surface area contributed by atoms with E-state index in [1.54, 1.807) is 0 Å². The number of hydrogen-bond acceptors (Lipinski definition) is 6. The minimum atomic E-state index is -5.11. The number of ether oxygens (including phenoxy) is 1. The van der Waals surface area contributed by atoms with Crippen LogP contribution in [0.5, 0.6) is 0 Å². The molecule has 0 amide bonds. The molecule has 1 atom stereocenters. The van der Waals surface area contributed by atoms with E-state index in [1.165, 1.54) is 31.2 Å². The Balaban J connectivity index is 2.02. The zero-order chi connectivity index (χ0) is 22.3. The summed E-state index contributed by atoms with van der Waals surface area (Å²) < 4.78 is 50.8. The number of aryl methyl sites for hydroxylation is 1. The van der Waals surface area contributed by atoms with Gasteiger partial charge in [0.2, 0.25) is 5.60 Å². The first kappa shape index (κ1) is 21.4. The molecule has 8 nitrogen and oxygen atoms in total. The topological polar surface area (TPSA) is 115 Å². The summed E-state index contributed by atoms with van der Waals surface area (Å²) in [7, 11) is 1.16. The number of rotatable bonds is 5. The van der Waals surface area contributed by atoms with E-state index in [0.29, 0.717) is 4.57 Å². The number of methoxy groups -OCH3 is 1. The molecule has 0 spiro atoms. The molecule has 2 aromatic heterocycles. The molecule has 0 unspecified atom stereocenters. The summed E-state index contributed by atoms with van der Waals surface area (Å²) in [6.45, 7) is 0.681. The van der Waals surface area contributed by atoms with Gasteiger partial charge in [0.15, 0.2) is 0 Å². The molecule has 0 aliphatic rings. The van der Waals surface area contributed by atoms with Crippen molar-refractivity contribution in [3.8, 4) is 0 Å². The van der Waals surface area contributed by atoms with Crippen LogP contribution in [-0.4, -0.2) is 33.9 Å². The van der Waals surface area contributed by atoms with Gasteiger partial charge in [-0.2, -0.15) is 13.2 Å². The van der Waals surface area contributed by atoms with Crippen molar-refractivity contribution in [3.05, 3.63) is 68.3 Å². The van der Waals surface area contributed by atoms with Gasteiger partial charge in [0.1, 0.15) is 11.5 Å². The molecule has 1 aromatic carbocycles. The van der Waals surface area contributed by atoms with Gasteiger partial charge in [-0.25, -0.2) is 9.59 Å². The SMILES string of the molecule is COC(=O)c1ccc2c(=O)n(CC[C@](O)(c3ccc(C)o3)C(F)(F)F)c(=O)[nH]c2c1. The second kappa shape index (κ2) is 7.48. The molecule has 0 saturated heterocycles. The third kappa shape index (κ3) is 3.63. The maximum atomic E-state index is 13.6. The number of esters is 1. The van der Waals surface area contributed by atoms with Crippen LogP contribution in [0.25, 0.3) is 10.9 Å². The van der Waals surface area contributed by atoms with Crippen LogP contribution in [0.4, 0.5) is 13.2 Å². The number of furan rings is 1. The quantitative estimate of drug-likeness (QED) is 0.605. The van der Waals surface area contributed by atoms with Crippen molar-refractivity contribution in [3.63, 3.8) is 0 Å². The zero-order valence-corrected chi connectivity index (χ0v) is 15.9. The Morgan fingerprint density at radius 2 is 1.93 bits per heavy atom. The number of nitrogens with one attached hydrogen (secondary N) is 1. The summed E-state index contributed by atoms with van der Waals surface area (Å²) in [5.74, 6) is -1.26. The van der Waals surface area contributed by atoms with Crippen molar-refractivity contribution < 1.29 is 32.2 Å². The molecule has 0 aliphatic carbocycles. The smallest absolute Gasteiger partial charge is 0.424 e. The summed E-state index contributed by atoms with van der Waals surface area (Å²) in [5, 5.41) is 10.3.